The zero-order valence-corrected chi connectivity index (χ0v) is 27.7. The fourth-order valence-electron chi connectivity index (χ4n) is 2.45. The smallest absolute Gasteiger partial charge is 0.296 e. The third-order valence-corrected chi connectivity index (χ3v) is 17.6. The average molecular weight is 563 g/mol. The highest BCUT2D eigenvalue weighted by atomic mass is 32.2. The van der Waals surface area contributed by atoms with E-state index in [4.69, 9.17) is 18.1 Å². The van der Waals surface area contributed by atoms with E-state index in [1.165, 1.54) is 0 Å². The van der Waals surface area contributed by atoms with Gasteiger partial charge < -0.3 is 14.0 Å². The Morgan fingerprint density at radius 1 is 0.722 bits per heavy atom. The van der Waals surface area contributed by atoms with Crippen molar-refractivity contribution in [3.63, 3.8) is 0 Å². The van der Waals surface area contributed by atoms with Crippen LogP contribution in [-0.4, -0.2) is 56.6 Å². The van der Waals surface area contributed by atoms with Crippen molar-refractivity contribution >= 4 is 26.8 Å². The molecule has 0 aliphatic rings. The molecule has 0 bridgehead atoms. The van der Waals surface area contributed by atoms with Gasteiger partial charge in [-0.25, -0.2) is 0 Å². The summed E-state index contributed by atoms with van der Waals surface area (Å²) < 4.78 is 41.1. The molecule has 1 aromatic rings. The predicted molar refractivity (Wildman–Crippen MR) is 156 cm³/mol. The molecule has 0 saturated carbocycles. The SMILES string of the molecule is CC(C)(C)[Si](C)(C)OCCCCO.Cc1ccc(S(=O)(=O)OCCCCO[Si](C)(C)C(C)(C)C)cc1. The maximum absolute atomic E-state index is 12.0. The molecule has 0 radical (unpaired) electrons. The first kappa shape index (κ1) is 35.4. The molecular weight excluding hydrogens is 509 g/mol. The lowest BCUT2D eigenvalue weighted by molar-refractivity contribution is 0.242. The number of aliphatic hydroxyl groups excluding tert-OH is 1. The summed E-state index contributed by atoms with van der Waals surface area (Å²) in [6, 6.07) is 6.68. The van der Waals surface area contributed by atoms with Crippen molar-refractivity contribution in [1.82, 2.24) is 0 Å². The fraction of sp³-hybridized carbons (Fsp3) is 0.778. The zero-order chi connectivity index (χ0) is 28.3. The topological polar surface area (TPSA) is 82.1 Å². The molecule has 1 aromatic carbocycles. The maximum atomic E-state index is 12.0. The van der Waals surface area contributed by atoms with E-state index < -0.39 is 26.8 Å². The van der Waals surface area contributed by atoms with Crippen LogP contribution in [0, 0.1) is 6.92 Å². The van der Waals surface area contributed by atoms with E-state index >= 15 is 0 Å². The van der Waals surface area contributed by atoms with Gasteiger partial charge in [0.2, 0.25) is 0 Å². The van der Waals surface area contributed by atoms with Crippen LogP contribution in [0.5, 0.6) is 0 Å². The first-order valence-electron chi connectivity index (χ1n) is 13.1. The monoisotopic (exact) mass is 562 g/mol. The molecule has 0 heterocycles. The van der Waals surface area contributed by atoms with E-state index in [0.29, 0.717) is 18.1 Å². The summed E-state index contributed by atoms with van der Waals surface area (Å²) in [4.78, 5) is 0.209. The van der Waals surface area contributed by atoms with Crippen molar-refractivity contribution in [3.8, 4) is 0 Å². The zero-order valence-electron chi connectivity index (χ0n) is 24.9. The Kier molecular flexibility index (Phi) is 14.9. The van der Waals surface area contributed by atoms with Gasteiger partial charge in [0, 0.05) is 19.8 Å². The molecule has 9 heteroatoms. The molecule has 0 fully saturated rings. The summed E-state index contributed by atoms with van der Waals surface area (Å²) >= 11 is 0. The van der Waals surface area contributed by atoms with Crippen LogP contribution in [-0.2, 0) is 23.2 Å². The van der Waals surface area contributed by atoms with Gasteiger partial charge in [-0.1, -0.05) is 59.2 Å². The minimum absolute atomic E-state index is 0.192. The van der Waals surface area contributed by atoms with Gasteiger partial charge in [0.25, 0.3) is 10.1 Å². The fourth-order valence-corrected chi connectivity index (χ4v) is 5.57. The number of benzene rings is 1. The number of aryl methyl sites for hydroxylation is 1. The standard InChI is InChI=1S/C17H30O4SSi.C10H24O2Si/c1-15-9-11-16(12-10-15)22(18,19)20-13-7-8-14-21-23(5,6)17(2,3)4;1-10(2,3)13(4,5)12-9-7-6-8-11/h9-12H,7-8,13-14H2,1-6H3;11H,6-9H2,1-5H3. The van der Waals surface area contributed by atoms with E-state index in [1.807, 2.05) is 6.92 Å². The highest BCUT2D eigenvalue weighted by molar-refractivity contribution is 7.86. The Bertz CT molecular complexity index is 839. The molecule has 0 aromatic heterocycles. The van der Waals surface area contributed by atoms with Gasteiger partial charge >= 0.3 is 0 Å². The molecule has 212 valence electrons. The van der Waals surface area contributed by atoms with Crippen LogP contribution < -0.4 is 0 Å². The normalized spacial score (nSPS) is 13.3. The average Bonchev–Trinajstić information content (AvgIpc) is 2.73. The lowest BCUT2D eigenvalue weighted by Gasteiger charge is -2.36. The van der Waals surface area contributed by atoms with E-state index in [2.05, 4.69) is 67.7 Å². The summed E-state index contributed by atoms with van der Waals surface area (Å²) in [6.07, 6.45) is 3.30. The molecule has 0 unspecified atom stereocenters. The summed E-state index contributed by atoms with van der Waals surface area (Å²) in [5, 5.41) is 9.10. The lowest BCUT2D eigenvalue weighted by atomic mass is 10.2. The third kappa shape index (κ3) is 13.3. The molecule has 0 aliphatic carbocycles. The van der Waals surface area contributed by atoms with Gasteiger partial charge in [-0.2, -0.15) is 8.42 Å². The number of aliphatic hydroxyl groups is 1. The molecular formula is C27H54O6SSi2. The second-order valence-corrected chi connectivity index (χ2v) is 23.7. The second-order valence-electron chi connectivity index (χ2n) is 12.4. The third-order valence-electron chi connectivity index (χ3n) is 7.18. The van der Waals surface area contributed by atoms with Crippen LogP contribution in [0.3, 0.4) is 0 Å². The Morgan fingerprint density at radius 2 is 1.11 bits per heavy atom. The van der Waals surface area contributed by atoms with Crippen LogP contribution in [0.2, 0.25) is 36.3 Å². The molecule has 0 aliphatic heterocycles. The number of hydrogen-bond acceptors (Lipinski definition) is 6. The van der Waals surface area contributed by atoms with E-state index in [0.717, 1.165) is 31.4 Å². The van der Waals surface area contributed by atoms with Crippen LogP contribution in [0.4, 0.5) is 0 Å². The van der Waals surface area contributed by atoms with Crippen LogP contribution in [0.25, 0.3) is 0 Å². The summed E-state index contributed by atoms with van der Waals surface area (Å²) in [7, 11) is -6.90. The highest BCUT2D eigenvalue weighted by Gasteiger charge is 2.37. The molecule has 0 amide bonds. The van der Waals surface area contributed by atoms with Gasteiger partial charge in [-0.15, -0.1) is 0 Å². The predicted octanol–water partition coefficient (Wildman–Crippen LogP) is 7.28. The van der Waals surface area contributed by atoms with Crippen molar-refractivity contribution < 1.29 is 26.6 Å². The summed E-state index contributed by atoms with van der Waals surface area (Å²) in [5.41, 5.74) is 1.02. The Balaban J connectivity index is 0.000000802. The van der Waals surface area contributed by atoms with Crippen molar-refractivity contribution in [1.29, 1.82) is 0 Å². The second kappa shape index (κ2) is 15.1. The van der Waals surface area contributed by atoms with Gasteiger partial charge in [0.1, 0.15) is 0 Å². The molecule has 0 spiro atoms. The van der Waals surface area contributed by atoms with Gasteiger partial charge in [0.05, 0.1) is 11.5 Å². The largest absolute Gasteiger partial charge is 0.417 e. The van der Waals surface area contributed by atoms with Gasteiger partial charge in [-0.05, 0) is 81.0 Å². The Hall–Kier alpha value is -0.556. The first-order chi connectivity index (χ1) is 16.3. The molecule has 1 rings (SSSR count). The molecule has 1 N–H and O–H groups in total. The molecule has 6 nitrogen and oxygen atoms in total. The molecule has 0 atom stereocenters. The molecule has 0 saturated heterocycles. The van der Waals surface area contributed by atoms with Gasteiger partial charge in [-0.3, -0.25) is 4.18 Å². The number of hydrogen-bond donors (Lipinski definition) is 1. The van der Waals surface area contributed by atoms with E-state index in [9.17, 15) is 8.42 Å². The minimum atomic E-state index is -3.65. The van der Waals surface area contributed by atoms with Crippen molar-refractivity contribution in [2.45, 2.75) is 115 Å². The Morgan fingerprint density at radius 3 is 1.50 bits per heavy atom. The lowest BCUT2D eigenvalue weighted by Crippen LogP contribution is -2.41. The summed E-state index contributed by atoms with van der Waals surface area (Å²) in [6.45, 7) is 26.1. The maximum Gasteiger partial charge on any atom is 0.296 e. The number of rotatable bonds is 13. The van der Waals surface area contributed by atoms with Crippen molar-refractivity contribution in [2.24, 2.45) is 0 Å². The first-order valence-corrected chi connectivity index (χ1v) is 20.3. The Labute approximate surface area is 224 Å². The van der Waals surface area contributed by atoms with Gasteiger partial charge in [0.15, 0.2) is 16.6 Å². The van der Waals surface area contributed by atoms with E-state index in [1.54, 1.807) is 24.3 Å². The van der Waals surface area contributed by atoms with E-state index in [-0.39, 0.29) is 23.1 Å². The molecule has 36 heavy (non-hydrogen) atoms. The van der Waals surface area contributed by atoms with Crippen LogP contribution in [0.15, 0.2) is 29.2 Å². The van der Waals surface area contributed by atoms with Crippen molar-refractivity contribution in [3.05, 3.63) is 29.8 Å². The van der Waals surface area contributed by atoms with Crippen molar-refractivity contribution in [2.75, 3.05) is 26.4 Å². The van der Waals surface area contributed by atoms with Crippen LogP contribution >= 0.6 is 0 Å². The highest BCUT2D eigenvalue weighted by Crippen LogP contribution is 2.37. The minimum Gasteiger partial charge on any atom is -0.417 e. The number of unbranched alkanes of at least 4 members (excludes halogenated alkanes) is 2. The quantitative estimate of drug-likeness (QED) is 0.154. The van der Waals surface area contributed by atoms with Crippen LogP contribution in [0.1, 0.15) is 72.8 Å². The summed E-state index contributed by atoms with van der Waals surface area (Å²) in [5.74, 6) is 0.